The lowest BCUT2D eigenvalue weighted by Gasteiger charge is -2.07. The van der Waals surface area contributed by atoms with Crippen LogP contribution in [-0.2, 0) is 10.1 Å². The molecule has 0 saturated carbocycles. The van der Waals surface area contributed by atoms with E-state index in [9.17, 15) is 8.42 Å². The van der Waals surface area contributed by atoms with Crippen molar-refractivity contribution in [3.05, 3.63) is 72.8 Å². The standard InChI is InChI=1S/C16H12O3S/c17-20(18,19-15-8-2-1-3-9-15)16-11-10-13-6-4-5-7-14(13)12-16/h1-12H. The highest BCUT2D eigenvalue weighted by Gasteiger charge is 2.16. The lowest BCUT2D eigenvalue weighted by Crippen LogP contribution is -2.09. The molecule has 0 aliphatic rings. The minimum atomic E-state index is -3.80. The van der Waals surface area contributed by atoms with Crippen LogP contribution >= 0.6 is 0 Å². The fourth-order valence-corrected chi connectivity index (χ4v) is 2.94. The number of hydrogen-bond donors (Lipinski definition) is 0. The summed E-state index contributed by atoms with van der Waals surface area (Å²) in [6.45, 7) is 0. The highest BCUT2D eigenvalue weighted by molar-refractivity contribution is 7.87. The summed E-state index contributed by atoms with van der Waals surface area (Å²) < 4.78 is 29.6. The molecule has 0 bridgehead atoms. The monoisotopic (exact) mass is 284 g/mol. The largest absolute Gasteiger partial charge is 0.379 e. The zero-order valence-electron chi connectivity index (χ0n) is 10.6. The minimum absolute atomic E-state index is 0.153. The fraction of sp³-hybridized carbons (Fsp3) is 0. The molecular weight excluding hydrogens is 272 g/mol. The Balaban J connectivity index is 2.01. The fourth-order valence-electron chi connectivity index (χ4n) is 1.97. The van der Waals surface area contributed by atoms with Gasteiger partial charge >= 0.3 is 10.1 Å². The van der Waals surface area contributed by atoms with Crippen molar-refractivity contribution in [2.24, 2.45) is 0 Å². The van der Waals surface area contributed by atoms with Crippen LogP contribution in [0.15, 0.2) is 77.7 Å². The van der Waals surface area contributed by atoms with E-state index in [0.29, 0.717) is 5.75 Å². The first-order valence-electron chi connectivity index (χ1n) is 6.13. The predicted octanol–water partition coefficient (Wildman–Crippen LogP) is 3.61. The minimum Gasteiger partial charge on any atom is -0.379 e. The molecule has 0 amide bonds. The first-order chi connectivity index (χ1) is 9.65. The van der Waals surface area contributed by atoms with E-state index in [1.165, 1.54) is 0 Å². The van der Waals surface area contributed by atoms with Crippen molar-refractivity contribution < 1.29 is 12.6 Å². The van der Waals surface area contributed by atoms with Crippen molar-refractivity contribution in [1.29, 1.82) is 0 Å². The number of rotatable bonds is 3. The van der Waals surface area contributed by atoms with Gasteiger partial charge in [0.2, 0.25) is 0 Å². The van der Waals surface area contributed by atoms with Crippen LogP contribution in [-0.4, -0.2) is 8.42 Å². The average molecular weight is 284 g/mol. The molecule has 0 aromatic heterocycles. The third-order valence-electron chi connectivity index (χ3n) is 2.96. The van der Waals surface area contributed by atoms with E-state index in [-0.39, 0.29) is 4.90 Å². The molecule has 0 unspecified atom stereocenters. The van der Waals surface area contributed by atoms with Gasteiger partial charge in [-0.15, -0.1) is 0 Å². The van der Waals surface area contributed by atoms with Crippen molar-refractivity contribution in [2.45, 2.75) is 4.90 Å². The van der Waals surface area contributed by atoms with Crippen molar-refractivity contribution in [3.8, 4) is 5.75 Å². The molecular formula is C16H12O3S. The van der Waals surface area contributed by atoms with Crippen LogP contribution in [0, 0.1) is 0 Å². The Bertz CT molecular complexity index is 840. The average Bonchev–Trinajstić information content (AvgIpc) is 2.47. The highest BCUT2D eigenvalue weighted by Crippen LogP contribution is 2.22. The molecule has 3 nitrogen and oxygen atoms in total. The van der Waals surface area contributed by atoms with Gasteiger partial charge in [-0.3, -0.25) is 0 Å². The van der Waals surface area contributed by atoms with Gasteiger partial charge in [0, 0.05) is 0 Å². The van der Waals surface area contributed by atoms with Crippen LogP contribution in [0.25, 0.3) is 10.8 Å². The first kappa shape index (κ1) is 12.7. The molecule has 0 saturated heterocycles. The van der Waals surface area contributed by atoms with Gasteiger partial charge in [0.25, 0.3) is 0 Å². The molecule has 0 atom stereocenters. The molecule has 0 fully saturated rings. The van der Waals surface area contributed by atoms with Crippen molar-refractivity contribution in [2.75, 3.05) is 0 Å². The van der Waals surface area contributed by atoms with E-state index in [2.05, 4.69) is 0 Å². The van der Waals surface area contributed by atoms with Crippen LogP contribution < -0.4 is 4.18 Å². The Kier molecular flexibility index (Phi) is 3.16. The molecule has 3 rings (SSSR count). The highest BCUT2D eigenvalue weighted by atomic mass is 32.2. The van der Waals surface area contributed by atoms with Crippen LogP contribution in [0.2, 0.25) is 0 Å². The topological polar surface area (TPSA) is 43.4 Å². The smallest absolute Gasteiger partial charge is 0.339 e. The van der Waals surface area contributed by atoms with Gasteiger partial charge in [0.15, 0.2) is 0 Å². The SMILES string of the molecule is O=S(=O)(Oc1ccccc1)c1ccc2ccccc2c1. The van der Waals surface area contributed by atoms with Crippen LogP contribution in [0.4, 0.5) is 0 Å². The van der Waals surface area contributed by atoms with Crippen molar-refractivity contribution >= 4 is 20.9 Å². The number of fused-ring (bicyclic) bond motifs is 1. The third kappa shape index (κ3) is 2.51. The summed E-state index contributed by atoms with van der Waals surface area (Å²) in [5.74, 6) is 0.306. The summed E-state index contributed by atoms with van der Waals surface area (Å²) >= 11 is 0. The lowest BCUT2D eigenvalue weighted by molar-refractivity contribution is 0.486. The summed E-state index contributed by atoms with van der Waals surface area (Å²) in [5.41, 5.74) is 0. The molecule has 0 spiro atoms. The summed E-state index contributed by atoms with van der Waals surface area (Å²) in [5, 5.41) is 1.86. The molecule has 0 aliphatic heterocycles. The van der Waals surface area contributed by atoms with E-state index in [0.717, 1.165) is 10.8 Å². The van der Waals surface area contributed by atoms with Crippen molar-refractivity contribution in [3.63, 3.8) is 0 Å². The molecule has 100 valence electrons. The summed E-state index contributed by atoms with van der Waals surface area (Å²) in [4.78, 5) is 0.153. The molecule has 0 N–H and O–H groups in total. The van der Waals surface area contributed by atoms with E-state index < -0.39 is 10.1 Å². The van der Waals surface area contributed by atoms with E-state index in [1.807, 2.05) is 24.3 Å². The Labute approximate surface area is 117 Å². The normalized spacial score (nSPS) is 11.4. The number of para-hydroxylation sites is 1. The Morgan fingerprint density at radius 2 is 1.35 bits per heavy atom. The number of benzene rings is 3. The Hall–Kier alpha value is -2.33. The van der Waals surface area contributed by atoms with Crippen LogP contribution in [0.1, 0.15) is 0 Å². The van der Waals surface area contributed by atoms with Gasteiger partial charge in [-0.25, -0.2) is 0 Å². The van der Waals surface area contributed by atoms with E-state index in [4.69, 9.17) is 4.18 Å². The van der Waals surface area contributed by atoms with Gasteiger partial charge in [-0.2, -0.15) is 8.42 Å². The molecule has 3 aromatic rings. The van der Waals surface area contributed by atoms with Crippen LogP contribution in [0.5, 0.6) is 5.75 Å². The lowest BCUT2D eigenvalue weighted by atomic mass is 10.1. The first-order valence-corrected chi connectivity index (χ1v) is 7.54. The molecule has 0 aliphatic carbocycles. The van der Waals surface area contributed by atoms with Gasteiger partial charge in [-0.05, 0) is 35.0 Å². The van der Waals surface area contributed by atoms with E-state index >= 15 is 0 Å². The zero-order valence-corrected chi connectivity index (χ0v) is 11.4. The zero-order chi connectivity index (χ0) is 14.0. The maximum absolute atomic E-state index is 12.2. The number of hydrogen-bond acceptors (Lipinski definition) is 3. The molecule has 20 heavy (non-hydrogen) atoms. The maximum Gasteiger partial charge on any atom is 0.339 e. The second-order valence-corrected chi connectivity index (χ2v) is 5.91. The van der Waals surface area contributed by atoms with E-state index in [1.54, 1.807) is 48.5 Å². The molecule has 0 heterocycles. The maximum atomic E-state index is 12.2. The third-order valence-corrected chi connectivity index (χ3v) is 4.20. The quantitative estimate of drug-likeness (QED) is 0.690. The summed E-state index contributed by atoms with van der Waals surface area (Å²) in [7, 11) is -3.80. The summed E-state index contributed by atoms with van der Waals surface area (Å²) in [6.07, 6.45) is 0. The van der Waals surface area contributed by atoms with Gasteiger partial charge in [-0.1, -0.05) is 48.5 Å². The Morgan fingerprint density at radius 1 is 0.700 bits per heavy atom. The molecule has 4 heteroatoms. The molecule has 0 radical (unpaired) electrons. The van der Waals surface area contributed by atoms with Gasteiger partial charge < -0.3 is 4.18 Å². The second-order valence-electron chi connectivity index (χ2n) is 4.36. The van der Waals surface area contributed by atoms with Gasteiger partial charge in [0.1, 0.15) is 10.6 Å². The van der Waals surface area contributed by atoms with Crippen molar-refractivity contribution in [1.82, 2.24) is 0 Å². The summed E-state index contributed by atoms with van der Waals surface area (Å²) in [6, 6.07) is 21.0. The van der Waals surface area contributed by atoms with Crippen LogP contribution in [0.3, 0.4) is 0 Å². The predicted molar refractivity (Wildman–Crippen MR) is 78.2 cm³/mol. The molecule has 3 aromatic carbocycles. The second kappa shape index (κ2) is 4.98. The van der Waals surface area contributed by atoms with Gasteiger partial charge in [0.05, 0.1) is 0 Å². The Morgan fingerprint density at radius 3 is 2.10 bits per heavy atom.